The number of hydrogen-bond donors (Lipinski definition) is 3. The van der Waals surface area contributed by atoms with Gasteiger partial charge in [0.05, 0.1) is 6.10 Å². The minimum atomic E-state index is -1.10. The summed E-state index contributed by atoms with van der Waals surface area (Å²) >= 11 is 0. The van der Waals surface area contributed by atoms with Gasteiger partial charge in [0.15, 0.2) is 0 Å². The van der Waals surface area contributed by atoms with Gasteiger partial charge < -0.3 is 15.1 Å². The Kier molecular flexibility index (Phi) is 3.48. The number of β-amino-alcohol motifs (C(OH)–C–C–N with tert-alkyl or cyclic N) is 1. The molecule has 1 rings (SSSR count). The molecule has 0 aromatic heterocycles. The van der Waals surface area contributed by atoms with E-state index in [2.05, 4.69) is 5.43 Å². The molecule has 3 N–H and O–H groups in total. The minimum Gasteiger partial charge on any atom is -0.480 e. The fourth-order valence-electron chi connectivity index (χ4n) is 1.53. The van der Waals surface area contributed by atoms with Crippen LogP contribution in [-0.2, 0) is 4.79 Å². The van der Waals surface area contributed by atoms with Crippen LogP contribution in [0.4, 0.5) is 4.79 Å². The van der Waals surface area contributed by atoms with Crippen LogP contribution < -0.4 is 5.43 Å². The third kappa shape index (κ3) is 2.80. The first-order valence-corrected chi connectivity index (χ1v) is 4.57. The summed E-state index contributed by atoms with van der Waals surface area (Å²) in [6, 6.07) is -1.45. The lowest BCUT2D eigenvalue weighted by Crippen LogP contribution is -2.50. The number of carbonyl (C=O) groups excluding carboxylic acids is 1. The zero-order chi connectivity index (χ0) is 11.6. The maximum absolute atomic E-state index is 11.5. The average Bonchev–Trinajstić information content (AvgIpc) is 2.46. The molecule has 2 atom stereocenters. The van der Waals surface area contributed by atoms with Crippen LogP contribution >= 0.6 is 0 Å². The number of amides is 2. The molecular formula is C8H15N3O4. The fraction of sp³-hybridized carbons (Fsp3) is 0.750. The molecule has 0 aromatic rings. The molecule has 7 nitrogen and oxygen atoms in total. The molecule has 1 aliphatic heterocycles. The number of urea groups is 1. The quantitative estimate of drug-likeness (QED) is 0.499. The van der Waals surface area contributed by atoms with Crippen molar-refractivity contribution in [3.8, 4) is 0 Å². The smallest absolute Gasteiger partial charge is 0.332 e. The average molecular weight is 217 g/mol. The van der Waals surface area contributed by atoms with E-state index in [1.165, 1.54) is 5.01 Å². The Morgan fingerprint density at radius 1 is 1.47 bits per heavy atom. The molecule has 1 unspecified atom stereocenters. The highest BCUT2D eigenvalue weighted by atomic mass is 16.4. The molecule has 86 valence electrons. The molecule has 1 heterocycles. The number of carboxylic acid groups (broad SMARTS) is 1. The van der Waals surface area contributed by atoms with E-state index in [4.69, 9.17) is 5.11 Å². The maximum atomic E-state index is 11.5. The van der Waals surface area contributed by atoms with Crippen molar-refractivity contribution in [2.45, 2.75) is 18.6 Å². The Bertz CT molecular complexity index is 269. The van der Waals surface area contributed by atoms with Crippen molar-refractivity contribution in [3.05, 3.63) is 0 Å². The molecule has 7 heteroatoms. The summed E-state index contributed by atoms with van der Waals surface area (Å²) in [6.45, 7) is 0.0522. The van der Waals surface area contributed by atoms with Crippen molar-refractivity contribution >= 4 is 12.0 Å². The van der Waals surface area contributed by atoms with Crippen molar-refractivity contribution in [1.82, 2.24) is 15.3 Å². The Morgan fingerprint density at radius 3 is 2.53 bits per heavy atom. The lowest BCUT2D eigenvalue weighted by molar-refractivity contribution is -0.141. The van der Waals surface area contributed by atoms with E-state index in [0.29, 0.717) is 0 Å². The molecule has 0 saturated carbocycles. The highest BCUT2D eigenvalue weighted by molar-refractivity contribution is 5.83. The largest absolute Gasteiger partial charge is 0.480 e. The SMILES string of the molecule is CN(C)NC(=O)N1CC(O)C[C@H]1C(=O)O. The van der Waals surface area contributed by atoms with Gasteiger partial charge in [-0.25, -0.2) is 14.6 Å². The number of nitrogens with zero attached hydrogens (tertiary/aromatic N) is 2. The number of hydrazine groups is 1. The molecule has 0 spiro atoms. The van der Waals surface area contributed by atoms with Gasteiger partial charge in [0.2, 0.25) is 0 Å². The van der Waals surface area contributed by atoms with Crippen LogP contribution in [0.3, 0.4) is 0 Å². The number of aliphatic hydroxyl groups excluding tert-OH is 1. The van der Waals surface area contributed by atoms with Crippen LogP contribution in [0.1, 0.15) is 6.42 Å². The van der Waals surface area contributed by atoms with E-state index >= 15 is 0 Å². The highest BCUT2D eigenvalue weighted by Crippen LogP contribution is 2.17. The molecule has 0 aliphatic carbocycles. The summed E-state index contributed by atoms with van der Waals surface area (Å²) in [5.74, 6) is -1.10. The summed E-state index contributed by atoms with van der Waals surface area (Å²) in [7, 11) is 3.25. The number of hydrogen-bond acceptors (Lipinski definition) is 4. The topological polar surface area (TPSA) is 93.1 Å². The van der Waals surface area contributed by atoms with Crippen LogP contribution in [0, 0.1) is 0 Å². The molecule has 0 bridgehead atoms. The van der Waals surface area contributed by atoms with Crippen molar-refractivity contribution in [2.24, 2.45) is 0 Å². The monoisotopic (exact) mass is 217 g/mol. The lowest BCUT2D eigenvalue weighted by atomic mass is 10.2. The first kappa shape index (κ1) is 11.7. The summed E-state index contributed by atoms with van der Waals surface area (Å²) in [5.41, 5.74) is 2.44. The number of rotatable bonds is 2. The van der Waals surface area contributed by atoms with Crippen molar-refractivity contribution in [1.29, 1.82) is 0 Å². The number of nitrogens with one attached hydrogen (secondary N) is 1. The van der Waals surface area contributed by atoms with Gasteiger partial charge in [0, 0.05) is 27.1 Å². The maximum Gasteiger partial charge on any atom is 0.332 e. The molecule has 0 radical (unpaired) electrons. The zero-order valence-electron chi connectivity index (χ0n) is 8.67. The van der Waals surface area contributed by atoms with Gasteiger partial charge in [-0.05, 0) is 0 Å². The molecule has 0 aromatic carbocycles. The third-order valence-electron chi connectivity index (χ3n) is 2.14. The summed E-state index contributed by atoms with van der Waals surface area (Å²) in [6.07, 6.45) is -0.685. The number of carboxylic acids is 1. The van der Waals surface area contributed by atoms with Crippen molar-refractivity contribution < 1.29 is 19.8 Å². The van der Waals surface area contributed by atoms with Gasteiger partial charge in [-0.1, -0.05) is 0 Å². The van der Waals surface area contributed by atoms with Gasteiger partial charge in [0.1, 0.15) is 6.04 Å². The van der Waals surface area contributed by atoms with E-state index in [-0.39, 0.29) is 13.0 Å². The normalized spacial score (nSPS) is 25.7. The van der Waals surface area contributed by atoms with Gasteiger partial charge in [-0.15, -0.1) is 0 Å². The van der Waals surface area contributed by atoms with Crippen molar-refractivity contribution in [3.63, 3.8) is 0 Å². The summed E-state index contributed by atoms with van der Waals surface area (Å²) < 4.78 is 0. The van der Waals surface area contributed by atoms with Gasteiger partial charge in [-0.3, -0.25) is 5.43 Å². The summed E-state index contributed by atoms with van der Waals surface area (Å²) in [5, 5.41) is 19.6. The van der Waals surface area contributed by atoms with E-state index in [1.807, 2.05) is 0 Å². The Labute approximate surface area is 87.2 Å². The van der Waals surface area contributed by atoms with Gasteiger partial charge in [-0.2, -0.15) is 0 Å². The first-order valence-electron chi connectivity index (χ1n) is 4.57. The van der Waals surface area contributed by atoms with E-state index < -0.39 is 24.1 Å². The first-order chi connectivity index (χ1) is 6.91. The Balaban J connectivity index is 2.66. The standard InChI is InChI=1S/C8H15N3O4/c1-10(2)9-8(15)11-4-5(12)3-6(11)7(13)14/h5-6,12H,3-4H2,1-2H3,(H,9,15)(H,13,14)/t5?,6-/m0/s1. The molecule has 1 aliphatic rings. The van der Waals surface area contributed by atoms with Crippen LogP contribution in [0.25, 0.3) is 0 Å². The molecule has 15 heavy (non-hydrogen) atoms. The number of carbonyl (C=O) groups is 2. The second kappa shape index (κ2) is 4.45. The second-order valence-electron chi connectivity index (χ2n) is 3.71. The van der Waals surface area contributed by atoms with Crippen LogP contribution in [0.15, 0.2) is 0 Å². The number of aliphatic hydroxyl groups is 1. The second-order valence-corrected chi connectivity index (χ2v) is 3.71. The van der Waals surface area contributed by atoms with Gasteiger partial charge in [0.25, 0.3) is 0 Å². The van der Waals surface area contributed by atoms with Crippen LogP contribution in [-0.4, -0.2) is 64.9 Å². The van der Waals surface area contributed by atoms with Crippen LogP contribution in [0.5, 0.6) is 0 Å². The molecule has 1 fully saturated rings. The number of likely N-dealkylation sites (tertiary alicyclic amines) is 1. The zero-order valence-corrected chi connectivity index (χ0v) is 8.67. The predicted octanol–water partition coefficient (Wildman–Crippen LogP) is -1.31. The summed E-state index contributed by atoms with van der Waals surface area (Å²) in [4.78, 5) is 23.4. The van der Waals surface area contributed by atoms with Crippen molar-refractivity contribution in [2.75, 3.05) is 20.6 Å². The fourth-order valence-corrected chi connectivity index (χ4v) is 1.53. The van der Waals surface area contributed by atoms with Gasteiger partial charge >= 0.3 is 12.0 Å². The van der Waals surface area contributed by atoms with E-state index in [9.17, 15) is 14.7 Å². The highest BCUT2D eigenvalue weighted by Gasteiger charge is 2.39. The third-order valence-corrected chi connectivity index (χ3v) is 2.14. The molecule has 2 amide bonds. The Hall–Kier alpha value is -1.34. The predicted molar refractivity (Wildman–Crippen MR) is 51.0 cm³/mol. The number of aliphatic carboxylic acids is 1. The Morgan fingerprint density at radius 2 is 2.07 bits per heavy atom. The molecule has 1 saturated heterocycles. The van der Waals surface area contributed by atoms with Crippen LogP contribution in [0.2, 0.25) is 0 Å². The van der Waals surface area contributed by atoms with E-state index in [0.717, 1.165) is 4.90 Å². The molecular weight excluding hydrogens is 202 g/mol. The van der Waals surface area contributed by atoms with E-state index in [1.54, 1.807) is 14.1 Å². The lowest BCUT2D eigenvalue weighted by Gasteiger charge is -2.23. The minimum absolute atomic E-state index is 0.0522.